The van der Waals surface area contributed by atoms with E-state index in [2.05, 4.69) is 67.7 Å². The summed E-state index contributed by atoms with van der Waals surface area (Å²) >= 11 is 0. The molecule has 0 unspecified atom stereocenters. The van der Waals surface area contributed by atoms with Crippen LogP contribution in [-0.2, 0) is 0 Å². The third kappa shape index (κ3) is 2.97. The molecule has 0 fully saturated rings. The third-order valence-corrected chi connectivity index (χ3v) is 3.71. The zero-order valence-corrected chi connectivity index (χ0v) is 12.4. The van der Waals surface area contributed by atoms with Crippen LogP contribution in [-0.4, -0.2) is 0 Å². The van der Waals surface area contributed by atoms with Gasteiger partial charge in [0.15, 0.2) is 0 Å². The molecule has 0 saturated heterocycles. The van der Waals surface area contributed by atoms with Gasteiger partial charge in [-0.3, -0.25) is 0 Å². The van der Waals surface area contributed by atoms with E-state index in [-0.39, 0.29) is 0 Å². The molecule has 0 atom stereocenters. The van der Waals surface area contributed by atoms with E-state index in [1.807, 2.05) is 24.3 Å². The highest BCUT2D eigenvalue weighted by Gasteiger charge is 2.07. The Kier molecular flexibility index (Phi) is 3.74. The van der Waals surface area contributed by atoms with Crippen LogP contribution >= 0.6 is 0 Å². The Morgan fingerprint density at radius 1 is 0.810 bits per heavy atom. The summed E-state index contributed by atoms with van der Waals surface area (Å²) in [6, 6.07) is 26.3. The monoisotopic (exact) mass is 272 g/mol. The molecular formula is C20H18N. The van der Waals surface area contributed by atoms with E-state index in [0.29, 0.717) is 0 Å². The van der Waals surface area contributed by atoms with Gasteiger partial charge in [-0.1, -0.05) is 54.6 Å². The molecule has 3 rings (SSSR count). The van der Waals surface area contributed by atoms with E-state index in [0.717, 1.165) is 16.9 Å². The lowest BCUT2D eigenvalue weighted by molar-refractivity contribution is 1.33. The van der Waals surface area contributed by atoms with Crippen LogP contribution in [0.3, 0.4) is 0 Å². The Morgan fingerprint density at radius 3 is 2.10 bits per heavy atom. The maximum Gasteiger partial charge on any atom is 0.0503 e. The second kappa shape index (κ2) is 5.84. The van der Waals surface area contributed by atoms with Crippen LogP contribution in [0.15, 0.2) is 66.7 Å². The predicted octanol–water partition coefficient (Wildman–Crippen LogP) is 5.51. The standard InChI is InChI=1S/C20H18N/c1-15-13-18(17-9-5-3-6-10-17)14-20(16(15)2)21-19-11-7-4-8-12-19/h3-13,21H,1-2H3. The molecule has 3 aromatic rings. The average Bonchev–Trinajstić information content (AvgIpc) is 2.53. The molecule has 1 nitrogen and oxygen atoms in total. The van der Waals surface area contributed by atoms with Gasteiger partial charge in [0.2, 0.25) is 0 Å². The second-order valence-corrected chi connectivity index (χ2v) is 5.22. The molecular weight excluding hydrogens is 254 g/mol. The fourth-order valence-electron chi connectivity index (χ4n) is 2.35. The van der Waals surface area contributed by atoms with Crippen molar-refractivity contribution in [3.05, 3.63) is 83.9 Å². The zero-order valence-electron chi connectivity index (χ0n) is 12.4. The first kappa shape index (κ1) is 13.4. The highest BCUT2D eigenvalue weighted by molar-refractivity contribution is 5.73. The van der Waals surface area contributed by atoms with Crippen LogP contribution in [0.5, 0.6) is 0 Å². The number of hydrogen-bond acceptors (Lipinski definition) is 1. The maximum atomic E-state index is 3.51. The lowest BCUT2D eigenvalue weighted by Gasteiger charge is -2.14. The lowest BCUT2D eigenvalue weighted by Crippen LogP contribution is -1.96. The first-order chi connectivity index (χ1) is 10.2. The zero-order chi connectivity index (χ0) is 14.7. The van der Waals surface area contributed by atoms with Crippen molar-refractivity contribution in [3.8, 4) is 11.1 Å². The number of hydrogen-bond donors (Lipinski definition) is 1. The van der Waals surface area contributed by atoms with E-state index >= 15 is 0 Å². The van der Waals surface area contributed by atoms with Crippen molar-refractivity contribution in [3.63, 3.8) is 0 Å². The Hall–Kier alpha value is -2.54. The van der Waals surface area contributed by atoms with Gasteiger partial charge in [0.25, 0.3) is 0 Å². The van der Waals surface area contributed by atoms with Crippen LogP contribution in [0.25, 0.3) is 11.1 Å². The largest absolute Gasteiger partial charge is 0.355 e. The summed E-state index contributed by atoms with van der Waals surface area (Å²) in [5.74, 6) is 0. The van der Waals surface area contributed by atoms with Gasteiger partial charge in [-0.2, -0.15) is 0 Å². The smallest absolute Gasteiger partial charge is 0.0503 e. The minimum Gasteiger partial charge on any atom is -0.355 e. The molecule has 0 saturated carbocycles. The quantitative estimate of drug-likeness (QED) is 0.662. The lowest BCUT2D eigenvalue weighted by atomic mass is 9.98. The molecule has 0 aromatic heterocycles. The predicted molar refractivity (Wildman–Crippen MR) is 89.9 cm³/mol. The molecule has 0 amide bonds. The van der Waals surface area contributed by atoms with Crippen molar-refractivity contribution in [1.82, 2.24) is 0 Å². The van der Waals surface area contributed by atoms with Gasteiger partial charge < -0.3 is 5.32 Å². The van der Waals surface area contributed by atoms with Crippen LogP contribution < -0.4 is 5.32 Å². The van der Waals surface area contributed by atoms with Gasteiger partial charge in [-0.05, 0) is 48.2 Å². The first-order valence-corrected chi connectivity index (χ1v) is 7.15. The number of nitrogens with one attached hydrogen (secondary N) is 1. The molecule has 0 bridgehead atoms. The summed E-state index contributed by atoms with van der Waals surface area (Å²) in [6.45, 7) is 4.28. The van der Waals surface area contributed by atoms with Crippen molar-refractivity contribution in [2.24, 2.45) is 0 Å². The SMILES string of the molecule is Cc1cc(-c2ccccc2)[c]c(Nc2ccccc2)c1C. The number of anilines is 2. The second-order valence-electron chi connectivity index (χ2n) is 5.22. The Balaban J connectivity index is 2.02. The minimum absolute atomic E-state index is 1.04. The summed E-state index contributed by atoms with van der Waals surface area (Å²) in [5.41, 5.74) is 6.94. The van der Waals surface area contributed by atoms with Crippen LogP contribution in [0.2, 0.25) is 0 Å². The van der Waals surface area contributed by atoms with Gasteiger partial charge >= 0.3 is 0 Å². The third-order valence-electron chi connectivity index (χ3n) is 3.71. The summed E-state index contributed by atoms with van der Waals surface area (Å²) in [7, 11) is 0. The topological polar surface area (TPSA) is 12.0 Å². The van der Waals surface area contributed by atoms with Crippen LogP contribution in [0.1, 0.15) is 11.1 Å². The molecule has 0 aliphatic rings. The summed E-state index contributed by atoms with van der Waals surface area (Å²) < 4.78 is 0. The molecule has 0 aliphatic carbocycles. The Labute approximate surface area is 126 Å². The molecule has 1 heteroatoms. The van der Waals surface area contributed by atoms with Crippen molar-refractivity contribution < 1.29 is 0 Å². The molecule has 1 N–H and O–H groups in total. The molecule has 0 aliphatic heterocycles. The van der Waals surface area contributed by atoms with Crippen LogP contribution in [0, 0.1) is 19.9 Å². The molecule has 1 radical (unpaired) electrons. The van der Waals surface area contributed by atoms with E-state index in [1.54, 1.807) is 0 Å². The van der Waals surface area contributed by atoms with Gasteiger partial charge in [0.1, 0.15) is 0 Å². The molecule has 0 spiro atoms. The van der Waals surface area contributed by atoms with Gasteiger partial charge in [0.05, 0.1) is 5.69 Å². The van der Waals surface area contributed by atoms with Crippen LogP contribution in [0.4, 0.5) is 11.4 Å². The molecule has 3 aromatic carbocycles. The fraction of sp³-hybridized carbons (Fsp3) is 0.100. The van der Waals surface area contributed by atoms with Gasteiger partial charge in [0, 0.05) is 11.8 Å². The summed E-state index contributed by atoms with van der Waals surface area (Å²) in [4.78, 5) is 0. The van der Waals surface area contributed by atoms with E-state index < -0.39 is 0 Å². The number of benzene rings is 3. The summed E-state index contributed by atoms with van der Waals surface area (Å²) in [6.07, 6.45) is 0. The van der Waals surface area contributed by atoms with Crippen molar-refractivity contribution in [1.29, 1.82) is 0 Å². The number of rotatable bonds is 3. The molecule has 0 heterocycles. The normalized spacial score (nSPS) is 10.4. The average molecular weight is 272 g/mol. The van der Waals surface area contributed by atoms with E-state index in [9.17, 15) is 0 Å². The maximum absolute atomic E-state index is 3.51. The fourth-order valence-corrected chi connectivity index (χ4v) is 2.35. The number of para-hydroxylation sites is 1. The number of aryl methyl sites for hydroxylation is 1. The Bertz CT molecular complexity index is 731. The minimum atomic E-state index is 1.04. The van der Waals surface area contributed by atoms with Gasteiger partial charge in [-0.15, -0.1) is 0 Å². The van der Waals surface area contributed by atoms with Gasteiger partial charge in [-0.25, -0.2) is 0 Å². The summed E-state index contributed by atoms with van der Waals surface area (Å²) in [5, 5.41) is 3.47. The highest BCUT2D eigenvalue weighted by Crippen LogP contribution is 2.29. The van der Waals surface area contributed by atoms with Crippen molar-refractivity contribution in [2.75, 3.05) is 5.32 Å². The molecule has 21 heavy (non-hydrogen) atoms. The Morgan fingerprint density at radius 2 is 1.43 bits per heavy atom. The van der Waals surface area contributed by atoms with E-state index in [4.69, 9.17) is 0 Å². The first-order valence-electron chi connectivity index (χ1n) is 7.15. The van der Waals surface area contributed by atoms with Crippen molar-refractivity contribution >= 4 is 11.4 Å². The van der Waals surface area contributed by atoms with E-state index in [1.165, 1.54) is 16.7 Å². The highest BCUT2D eigenvalue weighted by atomic mass is 14.9. The molecule has 103 valence electrons. The van der Waals surface area contributed by atoms with Crippen molar-refractivity contribution in [2.45, 2.75) is 13.8 Å².